The highest BCUT2D eigenvalue weighted by molar-refractivity contribution is 5.92. The summed E-state index contributed by atoms with van der Waals surface area (Å²) in [4.78, 5) is 12.5. The van der Waals surface area contributed by atoms with Crippen LogP contribution in [0.15, 0.2) is 36.1 Å². The van der Waals surface area contributed by atoms with E-state index in [4.69, 9.17) is 14.6 Å². The number of allylic oxidation sites excluding steroid dienone is 1. The third-order valence-corrected chi connectivity index (χ3v) is 5.87. The van der Waals surface area contributed by atoms with Gasteiger partial charge in [-0.2, -0.15) is 0 Å². The van der Waals surface area contributed by atoms with Crippen LogP contribution in [0.5, 0.6) is 0 Å². The number of hydrogen-bond donors (Lipinski definition) is 2. The lowest BCUT2D eigenvalue weighted by Gasteiger charge is -2.32. The fraction of sp³-hybridized carbons (Fsp3) is 0.591. The fourth-order valence-corrected chi connectivity index (χ4v) is 4.07. The minimum Gasteiger partial charge on any atom is -0.459 e. The first-order valence-electron chi connectivity index (χ1n) is 10.2. The van der Waals surface area contributed by atoms with Crippen molar-refractivity contribution in [2.75, 3.05) is 0 Å². The second kappa shape index (κ2) is 8.44. The van der Waals surface area contributed by atoms with Gasteiger partial charge in [0.2, 0.25) is 6.29 Å². The normalized spacial score (nSPS) is 25.7. The summed E-state index contributed by atoms with van der Waals surface area (Å²) < 4.78 is 11.9. The Morgan fingerprint density at radius 1 is 1.11 bits per heavy atom. The molecule has 1 aromatic carbocycles. The topological polar surface area (TPSA) is 67.8 Å². The van der Waals surface area contributed by atoms with Crippen LogP contribution < -0.4 is 5.32 Å². The average molecular weight is 371 g/mol. The Balaban J connectivity index is 1.40. The van der Waals surface area contributed by atoms with Crippen molar-refractivity contribution in [1.29, 1.82) is 0 Å². The van der Waals surface area contributed by atoms with Gasteiger partial charge in [0.25, 0.3) is 5.91 Å². The van der Waals surface area contributed by atoms with E-state index in [1.54, 1.807) is 0 Å². The van der Waals surface area contributed by atoms with Crippen LogP contribution in [-0.2, 0) is 27.5 Å². The van der Waals surface area contributed by atoms with Gasteiger partial charge in [-0.15, -0.1) is 0 Å². The monoisotopic (exact) mass is 371 g/mol. The molecule has 5 nitrogen and oxygen atoms in total. The Kier molecular flexibility index (Phi) is 5.79. The van der Waals surface area contributed by atoms with Gasteiger partial charge < -0.3 is 19.9 Å². The molecular formula is C22H29NO4. The molecule has 0 spiro atoms. The smallest absolute Gasteiger partial charge is 0.286 e. The number of amides is 1. The Hall–Kier alpha value is -1.85. The SMILES string of the molecule is O=C(NC1CC1)C1=C[C@@H](C2CCCC2)C[C@@H](OCc2ccc(CO)cc2)O1. The molecule has 3 aliphatic rings. The largest absolute Gasteiger partial charge is 0.459 e. The number of aliphatic hydroxyl groups is 1. The highest BCUT2D eigenvalue weighted by atomic mass is 16.7. The summed E-state index contributed by atoms with van der Waals surface area (Å²) >= 11 is 0. The fourth-order valence-electron chi connectivity index (χ4n) is 4.07. The molecule has 0 bridgehead atoms. The standard InChI is InChI=1S/C22H29NO4/c24-13-15-5-7-16(8-6-15)14-26-21-12-18(17-3-1-2-4-17)11-20(27-21)22(25)23-19-9-10-19/h5-8,11,17-19,21,24H,1-4,9-10,12-14H2,(H,23,25)/t18-,21+/m1/s1. The minimum atomic E-state index is -0.391. The van der Waals surface area contributed by atoms with Gasteiger partial charge in [-0.3, -0.25) is 4.79 Å². The molecule has 0 unspecified atom stereocenters. The maximum Gasteiger partial charge on any atom is 0.286 e. The zero-order valence-corrected chi connectivity index (χ0v) is 15.7. The summed E-state index contributed by atoms with van der Waals surface area (Å²) in [5.41, 5.74) is 1.92. The molecule has 1 aliphatic heterocycles. The maximum atomic E-state index is 12.5. The van der Waals surface area contributed by atoms with Crippen LogP contribution in [0.4, 0.5) is 0 Å². The van der Waals surface area contributed by atoms with Crippen LogP contribution in [0.1, 0.15) is 56.1 Å². The molecule has 2 saturated carbocycles. The lowest BCUT2D eigenvalue weighted by Crippen LogP contribution is -2.35. The summed E-state index contributed by atoms with van der Waals surface area (Å²) in [6.45, 7) is 0.478. The number of benzene rings is 1. The van der Waals surface area contributed by atoms with Crippen molar-refractivity contribution in [2.45, 2.75) is 70.5 Å². The van der Waals surface area contributed by atoms with Gasteiger partial charge >= 0.3 is 0 Å². The second-order valence-corrected chi connectivity index (χ2v) is 8.06. The van der Waals surface area contributed by atoms with Gasteiger partial charge in [-0.25, -0.2) is 0 Å². The third-order valence-electron chi connectivity index (χ3n) is 5.87. The zero-order valence-electron chi connectivity index (χ0n) is 15.7. The highest BCUT2D eigenvalue weighted by Crippen LogP contribution is 2.38. The molecule has 1 heterocycles. The van der Waals surface area contributed by atoms with E-state index in [-0.39, 0.29) is 12.5 Å². The number of carbonyl (C=O) groups excluding carboxylic acids is 1. The summed E-state index contributed by atoms with van der Waals surface area (Å²) in [5, 5.41) is 12.2. The number of carbonyl (C=O) groups is 1. The van der Waals surface area contributed by atoms with Crippen molar-refractivity contribution in [3.63, 3.8) is 0 Å². The summed E-state index contributed by atoms with van der Waals surface area (Å²) in [6, 6.07) is 8.03. The molecule has 0 saturated heterocycles. The van der Waals surface area contributed by atoms with E-state index in [2.05, 4.69) is 5.32 Å². The van der Waals surface area contributed by atoms with Crippen molar-refractivity contribution in [3.8, 4) is 0 Å². The Labute approximate surface area is 160 Å². The zero-order chi connectivity index (χ0) is 18.6. The summed E-state index contributed by atoms with van der Waals surface area (Å²) in [5.74, 6) is 1.32. The van der Waals surface area contributed by atoms with E-state index in [0.29, 0.717) is 30.2 Å². The molecular weight excluding hydrogens is 342 g/mol. The number of hydrogen-bond acceptors (Lipinski definition) is 4. The van der Waals surface area contributed by atoms with Gasteiger partial charge in [0, 0.05) is 12.5 Å². The average Bonchev–Trinajstić information content (AvgIpc) is 3.34. The van der Waals surface area contributed by atoms with Crippen molar-refractivity contribution in [3.05, 3.63) is 47.2 Å². The third kappa shape index (κ3) is 4.90. The van der Waals surface area contributed by atoms with E-state index in [1.807, 2.05) is 30.3 Å². The summed E-state index contributed by atoms with van der Waals surface area (Å²) in [6.07, 6.45) is 9.61. The molecule has 0 aromatic heterocycles. The maximum absolute atomic E-state index is 12.5. The first-order chi connectivity index (χ1) is 13.2. The number of nitrogens with one attached hydrogen (secondary N) is 1. The van der Waals surface area contributed by atoms with Crippen molar-refractivity contribution in [2.24, 2.45) is 11.8 Å². The van der Waals surface area contributed by atoms with Gasteiger partial charge in [0.1, 0.15) is 0 Å². The number of ether oxygens (including phenoxy) is 2. The van der Waals surface area contributed by atoms with Crippen molar-refractivity contribution in [1.82, 2.24) is 5.32 Å². The van der Waals surface area contributed by atoms with Gasteiger partial charge in [-0.05, 0) is 54.7 Å². The molecule has 1 aromatic rings. The first-order valence-corrected chi connectivity index (χ1v) is 10.2. The molecule has 5 heteroatoms. The molecule has 2 N–H and O–H groups in total. The number of aliphatic hydroxyl groups excluding tert-OH is 1. The molecule has 4 rings (SSSR count). The molecule has 0 radical (unpaired) electrons. The van der Waals surface area contributed by atoms with E-state index in [1.165, 1.54) is 25.7 Å². The lowest BCUT2D eigenvalue weighted by molar-refractivity contribution is -0.155. The van der Waals surface area contributed by atoms with Crippen molar-refractivity contribution < 1.29 is 19.4 Å². The Morgan fingerprint density at radius 2 is 1.81 bits per heavy atom. The quantitative estimate of drug-likeness (QED) is 0.771. The van der Waals surface area contributed by atoms with Crippen LogP contribution >= 0.6 is 0 Å². The van der Waals surface area contributed by atoms with Crippen LogP contribution in [0.3, 0.4) is 0 Å². The van der Waals surface area contributed by atoms with E-state index < -0.39 is 6.29 Å². The van der Waals surface area contributed by atoms with Crippen LogP contribution in [0.2, 0.25) is 0 Å². The van der Waals surface area contributed by atoms with Gasteiger partial charge in [-0.1, -0.05) is 37.1 Å². The van der Waals surface area contributed by atoms with Gasteiger partial charge in [0.15, 0.2) is 5.76 Å². The number of rotatable bonds is 7. The minimum absolute atomic E-state index is 0.0419. The lowest BCUT2D eigenvalue weighted by atomic mass is 9.86. The van der Waals surface area contributed by atoms with E-state index in [0.717, 1.165) is 30.4 Å². The predicted octanol–water partition coefficient (Wildman–Crippen LogP) is 3.41. The van der Waals surface area contributed by atoms with Crippen molar-refractivity contribution >= 4 is 5.91 Å². The van der Waals surface area contributed by atoms with Gasteiger partial charge in [0.05, 0.1) is 13.2 Å². The first kappa shape index (κ1) is 18.5. The highest BCUT2D eigenvalue weighted by Gasteiger charge is 2.34. The van der Waals surface area contributed by atoms with Crippen LogP contribution in [0, 0.1) is 11.8 Å². The molecule has 1 amide bonds. The molecule has 2 aliphatic carbocycles. The molecule has 2 fully saturated rings. The molecule has 146 valence electrons. The Morgan fingerprint density at radius 3 is 2.48 bits per heavy atom. The molecule has 2 atom stereocenters. The van der Waals surface area contributed by atoms with Crippen LogP contribution in [0.25, 0.3) is 0 Å². The predicted molar refractivity (Wildman–Crippen MR) is 101 cm³/mol. The van der Waals surface area contributed by atoms with E-state index in [9.17, 15) is 4.79 Å². The summed E-state index contributed by atoms with van der Waals surface area (Å²) in [7, 11) is 0. The molecule has 27 heavy (non-hydrogen) atoms. The van der Waals surface area contributed by atoms with E-state index >= 15 is 0 Å². The second-order valence-electron chi connectivity index (χ2n) is 8.06. The Bertz CT molecular complexity index is 674. The van der Waals surface area contributed by atoms with Crippen LogP contribution in [-0.4, -0.2) is 23.3 Å².